The second-order valence-electron chi connectivity index (χ2n) is 14.0. The topological polar surface area (TPSA) is 188 Å². The first-order valence-electron chi connectivity index (χ1n) is 15.5. The Morgan fingerprint density at radius 2 is 1.61 bits per heavy atom. The molecule has 0 aromatic carbocycles. The lowest BCUT2D eigenvalue weighted by Crippen LogP contribution is -2.61. The number of carbonyl (C=O) groups excluding carboxylic acids is 5. The van der Waals surface area contributed by atoms with Crippen molar-refractivity contribution in [1.29, 1.82) is 0 Å². The third kappa shape index (κ3) is 8.80. The third-order valence-corrected chi connectivity index (χ3v) is 10.8. The van der Waals surface area contributed by atoms with Crippen molar-refractivity contribution in [3.8, 4) is 0 Å². The van der Waals surface area contributed by atoms with E-state index in [1.807, 2.05) is 13.8 Å². The number of sulfonamides is 1. The van der Waals surface area contributed by atoms with Crippen LogP contribution in [0.3, 0.4) is 0 Å². The molecular weight excluding hydrogens is 588 g/mol. The molecule has 3 rings (SSSR count). The maximum absolute atomic E-state index is 14.2. The smallest absolute Gasteiger partial charge is 0.315 e. The van der Waals surface area contributed by atoms with E-state index in [9.17, 15) is 32.4 Å². The van der Waals surface area contributed by atoms with Gasteiger partial charge in [0.05, 0.1) is 17.8 Å². The van der Waals surface area contributed by atoms with Gasteiger partial charge in [-0.25, -0.2) is 13.2 Å². The summed E-state index contributed by atoms with van der Waals surface area (Å²) in [5, 5.41) is 8.29. The molecule has 5 N–H and O–H groups in total. The van der Waals surface area contributed by atoms with E-state index in [-0.39, 0.29) is 36.6 Å². The predicted octanol–water partition coefficient (Wildman–Crippen LogP) is 0.893. The zero-order valence-electron chi connectivity index (χ0n) is 26.9. The van der Waals surface area contributed by atoms with E-state index < -0.39 is 69.1 Å². The molecule has 2 aliphatic heterocycles. The number of nitrogens with zero attached hydrogens (tertiary/aromatic N) is 2. The molecule has 5 atom stereocenters. The minimum absolute atomic E-state index is 0.0276. The molecule has 0 aromatic heterocycles. The van der Waals surface area contributed by atoms with Crippen molar-refractivity contribution < 1.29 is 32.4 Å². The van der Waals surface area contributed by atoms with Crippen molar-refractivity contribution in [3.05, 3.63) is 12.2 Å². The van der Waals surface area contributed by atoms with Gasteiger partial charge in [-0.15, -0.1) is 0 Å². The Morgan fingerprint density at radius 1 is 0.977 bits per heavy atom. The zero-order chi connectivity index (χ0) is 33.1. The standard InChI is InChI=1S/C30H50N6O7S/c1-17(2)20-11-13-36(23(20)27(39)32-21(15-19-9-10-19)24(37)26(31)38)28(40)25(30(5,6)7)34-29(41)33-22(18(3)4)16-35-12-8-14-44(35,42)43/h17,19-23,25H,3,8-16H2,1-2,4-7H3,(H2,31,38)(H,32,39)(H2,33,34,41)/t20?,21?,22-,23+,25-/m1/s1. The molecule has 2 saturated heterocycles. The molecule has 1 saturated carbocycles. The van der Waals surface area contributed by atoms with Crippen molar-refractivity contribution >= 4 is 39.6 Å². The summed E-state index contributed by atoms with van der Waals surface area (Å²) >= 11 is 0. The van der Waals surface area contributed by atoms with E-state index >= 15 is 0 Å². The summed E-state index contributed by atoms with van der Waals surface area (Å²) in [4.78, 5) is 67.0. The van der Waals surface area contributed by atoms with Crippen LogP contribution in [-0.2, 0) is 29.2 Å². The summed E-state index contributed by atoms with van der Waals surface area (Å²) in [7, 11) is -3.40. The number of hydrogen-bond acceptors (Lipinski definition) is 7. The number of ketones is 1. The van der Waals surface area contributed by atoms with Crippen LogP contribution in [0.4, 0.5) is 4.79 Å². The van der Waals surface area contributed by atoms with Crippen LogP contribution in [0, 0.1) is 23.2 Å². The van der Waals surface area contributed by atoms with Gasteiger partial charge >= 0.3 is 6.03 Å². The second kappa shape index (κ2) is 14.0. The van der Waals surface area contributed by atoms with Crippen LogP contribution < -0.4 is 21.7 Å². The quantitative estimate of drug-likeness (QED) is 0.170. The molecule has 0 spiro atoms. The minimum atomic E-state index is -3.40. The van der Waals surface area contributed by atoms with Crippen molar-refractivity contribution in [3.63, 3.8) is 0 Å². The van der Waals surface area contributed by atoms with Crippen LogP contribution in [0.15, 0.2) is 12.2 Å². The van der Waals surface area contributed by atoms with Gasteiger partial charge in [-0.05, 0) is 49.4 Å². The molecule has 3 fully saturated rings. The summed E-state index contributed by atoms with van der Waals surface area (Å²) in [6.45, 7) is 15.6. The molecular formula is C30H50N6O7S. The first-order valence-corrected chi connectivity index (χ1v) is 17.1. The Kier molecular flexibility index (Phi) is 11.3. The molecule has 1 aliphatic carbocycles. The van der Waals surface area contributed by atoms with E-state index in [0.717, 1.165) is 12.8 Å². The lowest BCUT2D eigenvalue weighted by molar-refractivity contribution is -0.144. The highest BCUT2D eigenvalue weighted by molar-refractivity contribution is 7.89. The number of primary amides is 1. The number of carbonyl (C=O) groups is 5. The van der Waals surface area contributed by atoms with E-state index in [0.29, 0.717) is 31.4 Å². The van der Waals surface area contributed by atoms with Gasteiger partial charge in [0, 0.05) is 19.6 Å². The summed E-state index contributed by atoms with van der Waals surface area (Å²) in [6, 6.07) is -4.36. The average Bonchev–Trinajstić information content (AvgIpc) is 3.50. The summed E-state index contributed by atoms with van der Waals surface area (Å²) < 4.78 is 26.0. The average molecular weight is 639 g/mol. The Labute approximate surface area is 261 Å². The van der Waals surface area contributed by atoms with Crippen LogP contribution in [-0.4, -0.2) is 96.7 Å². The minimum Gasteiger partial charge on any atom is -0.363 e. The molecule has 5 amide bonds. The van der Waals surface area contributed by atoms with E-state index in [2.05, 4.69) is 22.5 Å². The molecule has 3 aliphatic rings. The highest BCUT2D eigenvalue weighted by Gasteiger charge is 2.48. The Bertz CT molecular complexity index is 1260. The highest BCUT2D eigenvalue weighted by atomic mass is 32.2. The SMILES string of the molecule is C=C(C)[C@@H](CN1CCCS1(=O)=O)NC(=O)N[C@H](C(=O)N1CCC(C(C)C)[C@H]1C(=O)NC(CC1CC1)C(=O)C(N)=O)C(C)(C)C. The zero-order valence-corrected chi connectivity index (χ0v) is 27.7. The Balaban J connectivity index is 1.80. The van der Waals surface area contributed by atoms with Crippen LogP contribution in [0.25, 0.3) is 0 Å². The fourth-order valence-corrected chi connectivity index (χ4v) is 7.55. The summed E-state index contributed by atoms with van der Waals surface area (Å²) in [6.07, 6.45) is 3.18. The monoisotopic (exact) mass is 638 g/mol. The number of nitrogens with one attached hydrogen (secondary N) is 3. The lowest BCUT2D eigenvalue weighted by atomic mass is 9.84. The maximum atomic E-state index is 14.2. The van der Waals surface area contributed by atoms with Crippen LogP contribution in [0.5, 0.6) is 0 Å². The maximum Gasteiger partial charge on any atom is 0.315 e. The number of nitrogens with two attached hydrogens (primary N) is 1. The predicted molar refractivity (Wildman–Crippen MR) is 165 cm³/mol. The normalized spacial score (nSPS) is 23.9. The van der Waals surface area contributed by atoms with Gasteiger partial charge in [-0.3, -0.25) is 19.2 Å². The summed E-state index contributed by atoms with van der Waals surface area (Å²) in [5.74, 6) is -2.86. The first-order chi connectivity index (χ1) is 20.3. The van der Waals surface area contributed by atoms with E-state index in [1.165, 1.54) is 9.21 Å². The number of amides is 5. The fraction of sp³-hybridized carbons (Fsp3) is 0.767. The van der Waals surface area contributed by atoms with Crippen LogP contribution in [0.1, 0.15) is 73.6 Å². The molecule has 0 aromatic rings. The van der Waals surface area contributed by atoms with Gasteiger partial charge < -0.3 is 26.6 Å². The van der Waals surface area contributed by atoms with Gasteiger partial charge in [-0.2, -0.15) is 4.31 Å². The van der Waals surface area contributed by atoms with Crippen molar-refractivity contribution in [2.45, 2.75) is 97.8 Å². The molecule has 14 heteroatoms. The van der Waals surface area contributed by atoms with Gasteiger partial charge in [0.2, 0.25) is 27.6 Å². The van der Waals surface area contributed by atoms with E-state index in [1.54, 1.807) is 27.7 Å². The van der Waals surface area contributed by atoms with Crippen LogP contribution >= 0.6 is 0 Å². The largest absolute Gasteiger partial charge is 0.363 e. The van der Waals surface area contributed by atoms with Crippen molar-refractivity contribution in [1.82, 2.24) is 25.2 Å². The number of Topliss-reactive ketones (excluding diaryl/α,β-unsaturated/α-hetero) is 1. The van der Waals surface area contributed by atoms with Gasteiger partial charge in [-0.1, -0.05) is 59.6 Å². The molecule has 248 valence electrons. The summed E-state index contributed by atoms with van der Waals surface area (Å²) in [5.41, 5.74) is 5.06. The number of likely N-dealkylation sites (tertiary alicyclic amines) is 1. The Morgan fingerprint density at radius 3 is 2.09 bits per heavy atom. The molecule has 13 nitrogen and oxygen atoms in total. The number of rotatable bonds is 13. The van der Waals surface area contributed by atoms with E-state index in [4.69, 9.17) is 5.73 Å². The van der Waals surface area contributed by atoms with Gasteiger partial charge in [0.25, 0.3) is 5.91 Å². The molecule has 2 unspecified atom stereocenters. The molecule has 0 radical (unpaired) electrons. The molecule has 44 heavy (non-hydrogen) atoms. The first kappa shape index (κ1) is 35.5. The second-order valence-corrected chi connectivity index (χ2v) is 16.1. The van der Waals surface area contributed by atoms with Crippen molar-refractivity contribution in [2.24, 2.45) is 28.9 Å². The Hall–Kier alpha value is -3.00. The van der Waals surface area contributed by atoms with Crippen molar-refractivity contribution in [2.75, 3.05) is 25.4 Å². The third-order valence-electron chi connectivity index (χ3n) is 8.87. The molecule has 2 heterocycles. The number of hydrogen-bond donors (Lipinski definition) is 4. The molecule has 0 bridgehead atoms. The van der Waals surface area contributed by atoms with Gasteiger partial charge in [0.15, 0.2) is 0 Å². The number of urea groups is 1. The van der Waals surface area contributed by atoms with Gasteiger partial charge in [0.1, 0.15) is 12.1 Å². The lowest BCUT2D eigenvalue weighted by Gasteiger charge is -2.37. The van der Waals surface area contributed by atoms with Crippen LogP contribution in [0.2, 0.25) is 0 Å². The highest BCUT2D eigenvalue weighted by Crippen LogP contribution is 2.35. The fourth-order valence-electron chi connectivity index (χ4n) is 6.01.